The highest BCUT2D eigenvalue weighted by atomic mass is 32.2. The lowest BCUT2D eigenvalue weighted by atomic mass is 10.2. The minimum atomic E-state index is -3.76. The summed E-state index contributed by atoms with van der Waals surface area (Å²) < 4.78 is 27.7. The summed E-state index contributed by atoms with van der Waals surface area (Å²) in [6, 6.07) is 10.8. The lowest BCUT2D eigenvalue weighted by Gasteiger charge is -2.18. The molecule has 0 radical (unpaired) electrons. The van der Waals surface area contributed by atoms with E-state index in [4.69, 9.17) is 9.88 Å². The molecule has 1 atom stereocenters. The van der Waals surface area contributed by atoms with Crippen LogP contribution in [-0.2, 0) is 14.8 Å². The van der Waals surface area contributed by atoms with Gasteiger partial charge in [0.15, 0.2) is 0 Å². The van der Waals surface area contributed by atoms with E-state index in [1.165, 1.54) is 24.3 Å². The number of carbonyl (C=O) groups is 1. The number of rotatable bonds is 6. The van der Waals surface area contributed by atoms with Crippen LogP contribution in [0.2, 0.25) is 0 Å². The molecule has 2 aromatic rings. The molecule has 1 unspecified atom stereocenters. The van der Waals surface area contributed by atoms with Crippen molar-refractivity contribution >= 4 is 27.3 Å². The maximum Gasteiger partial charge on any atom is 0.246 e. The summed E-state index contributed by atoms with van der Waals surface area (Å²) in [4.78, 5) is 12.3. The molecule has 0 aliphatic rings. The van der Waals surface area contributed by atoms with Gasteiger partial charge in [-0.25, -0.2) is 13.6 Å². The number of benzene rings is 2. The van der Waals surface area contributed by atoms with E-state index < -0.39 is 16.1 Å². The Morgan fingerprint density at radius 1 is 1.16 bits per heavy atom. The zero-order chi connectivity index (χ0) is 18.6. The number of anilines is 2. The van der Waals surface area contributed by atoms with E-state index in [0.717, 1.165) is 11.3 Å². The van der Waals surface area contributed by atoms with Gasteiger partial charge in [-0.3, -0.25) is 4.79 Å². The van der Waals surface area contributed by atoms with Crippen LogP contribution < -0.4 is 20.5 Å². The quantitative estimate of drug-likeness (QED) is 0.728. The van der Waals surface area contributed by atoms with Gasteiger partial charge < -0.3 is 15.4 Å². The smallest absolute Gasteiger partial charge is 0.246 e. The number of methoxy groups -OCH3 is 1. The molecule has 0 aliphatic carbocycles. The van der Waals surface area contributed by atoms with E-state index >= 15 is 0 Å². The van der Waals surface area contributed by atoms with Crippen molar-refractivity contribution in [3.63, 3.8) is 0 Å². The second-order valence-electron chi connectivity index (χ2n) is 5.63. The molecule has 0 bridgehead atoms. The lowest BCUT2D eigenvalue weighted by molar-refractivity contribution is -0.116. The normalized spacial score (nSPS) is 12.3. The van der Waals surface area contributed by atoms with Gasteiger partial charge >= 0.3 is 0 Å². The van der Waals surface area contributed by atoms with Gasteiger partial charge in [0, 0.05) is 5.69 Å². The van der Waals surface area contributed by atoms with E-state index in [9.17, 15) is 13.2 Å². The van der Waals surface area contributed by atoms with Crippen molar-refractivity contribution in [2.24, 2.45) is 5.14 Å². The van der Waals surface area contributed by atoms with Crippen LogP contribution in [0.25, 0.3) is 0 Å². The van der Waals surface area contributed by atoms with Gasteiger partial charge in [-0.15, -0.1) is 0 Å². The Kier molecular flexibility index (Phi) is 5.66. The standard InChI is InChI=1S/C17H21N3O4S/c1-11-4-9-16(24-3)15(10-11)19-12(2)17(21)20-13-5-7-14(8-6-13)25(18,22)23/h4-10,12,19H,1-3H3,(H,20,21)(H2,18,22,23). The number of aryl methyl sites for hydroxylation is 1. The van der Waals surface area contributed by atoms with Crippen molar-refractivity contribution in [1.29, 1.82) is 0 Å². The van der Waals surface area contributed by atoms with Crippen LogP contribution >= 0.6 is 0 Å². The Bertz CT molecular complexity index is 864. The van der Waals surface area contributed by atoms with Crippen molar-refractivity contribution in [2.75, 3.05) is 17.7 Å². The van der Waals surface area contributed by atoms with Gasteiger partial charge in [0.05, 0.1) is 17.7 Å². The second kappa shape index (κ2) is 7.54. The number of carbonyl (C=O) groups excluding carboxylic acids is 1. The van der Waals surface area contributed by atoms with E-state index in [1.54, 1.807) is 14.0 Å². The van der Waals surface area contributed by atoms with Crippen molar-refractivity contribution in [1.82, 2.24) is 0 Å². The van der Waals surface area contributed by atoms with Crippen LogP contribution in [0.3, 0.4) is 0 Å². The SMILES string of the molecule is COc1ccc(C)cc1NC(C)C(=O)Nc1ccc(S(N)(=O)=O)cc1. The Hall–Kier alpha value is -2.58. The molecule has 25 heavy (non-hydrogen) atoms. The second-order valence-corrected chi connectivity index (χ2v) is 7.19. The Morgan fingerprint density at radius 2 is 1.80 bits per heavy atom. The number of ether oxygens (including phenoxy) is 1. The van der Waals surface area contributed by atoms with Gasteiger partial charge in [-0.05, 0) is 55.8 Å². The van der Waals surface area contributed by atoms with Crippen LogP contribution in [-0.4, -0.2) is 27.5 Å². The predicted octanol–water partition coefficient (Wildman–Crippen LogP) is 2.09. The van der Waals surface area contributed by atoms with Gasteiger partial charge in [0.1, 0.15) is 11.8 Å². The van der Waals surface area contributed by atoms with E-state index in [1.807, 2.05) is 25.1 Å². The molecule has 8 heteroatoms. The van der Waals surface area contributed by atoms with E-state index in [2.05, 4.69) is 10.6 Å². The fourth-order valence-electron chi connectivity index (χ4n) is 2.21. The van der Waals surface area contributed by atoms with Crippen molar-refractivity contribution in [3.8, 4) is 5.75 Å². The van der Waals surface area contributed by atoms with Crippen LogP contribution in [0.1, 0.15) is 12.5 Å². The third-order valence-electron chi connectivity index (χ3n) is 3.57. The molecule has 0 aliphatic heterocycles. The third-order valence-corrected chi connectivity index (χ3v) is 4.50. The van der Waals surface area contributed by atoms with Crippen LogP contribution in [0.5, 0.6) is 5.75 Å². The highest BCUT2D eigenvalue weighted by Gasteiger charge is 2.15. The molecule has 0 fully saturated rings. The maximum atomic E-state index is 12.3. The van der Waals surface area contributed by atoms with Crippen molar-refractivity contribution < 1.29 is 17.9 Å². The number of nitrogens with two attached hydrogens (primary N) is 1. The summed E-state index contributed by atoms with van der Waals surface area (Å²) in [5, 5.41) is 10.9. The average Bonchev–Trinajstić information content (AvgIpc) is 2.54. The lowest BCUT2D eigenvalue weighted by Crippen LogP contribution is -2.32. The van der Waals surface area contributed by atoms with E-state index in [-0.39, 0.29) is 10.8 Å². The molecule has 2 rings (SSSR count). The zero-order valence-electron chi connectivity index (χ0n) is 14.2. The molecule has 7 nitrogen and oxygen atoms in total. The van der Waals surface area contributed by atoms with Gasteiger partial charge in [-0.2, -0.15) is 0 Å². The van der Waals surface area contributed by atoms with Crippen LogP contribution in [0.4, 0.5) is 11.4 Å². The van der Waals surface area contributed by atoms with E-state index in [0.29, 0.717) is 11.4 Å². The molecule has 2 aromatic carbocycles. The fourth-order valence-corrected chi connectivity index (χ4v) is 2.73. The largest absolute Gasteiger partial charge is 0.495 e. The van der Waals surface area contributed by atoms with Crippen molar-refractivity contribution in [3.05, 3.63) is 48.0 Å². The Morgan fingerprint density at radius 3 is 2.36 bits per heavy atom. The van der Waals surface area contributed by atoms with Gasteiger partial charge in [0.25, 0.3) is 0 Å². The maximum absolute atomic E-state index is 12.3. The van der Waals surface area contributed by atoms with Crippen molar-refractivity contribution in [2.45, 2.75) is 24.8 Å². The molecule has 0 spiro atoms. The molecule has 4 N–H and O–H groups in total. The number of sulfonamides is 1. The monoisotopic (exact) mass is 363 g/mol. The summed E-state index contributed by atoms with van der Waals surface area (Å²) in [6.45, 7) is 3.66. The molecule has 0 saturated heterocycles. The number of hydrogen-bond donors (Lipinski definition) is 3. The highest BCUT2D eigenvalue weighted by Crippen LogP contribution is 2.26. The first-order valence-electron chi connectivity index (χ1n) is 7.55. The molecule has 0 saturated carbocycles. The minimum Gasteiger partial charge on any atom is -0.495 e. The number of primary sulfonamides is 1. The average molecular weight is 363 g/mol. The predicted molar refractivity (Wildman–Crippen MR) is 97.3 cm³/mol. The van der Waals surface area contributed by atoms with Gasteiger partial charge in [0.2, 0.25) is 15.9 Å². The summed E-state index contributed by atoms with van der Waals surface area (Å²) in [6.07, 6.45) is 0. The first-order valence-corrected chi connectivity index (χ1v) is 9.10. The van der Waals surface area contributed by atoms with Gasteiger partial charge in [-0.1, -0.05) is 6.07 Å². The first-order chi connectivity index (χ1) is 11.7. The number of nitrogens with one attached hydrogen (secondary N) is 2. The molecule has 134 valence electrons. The Balaban J connectivity index is 2.07. The first kappa shape index (κ1) is 18.8. The molecule has 0 heterocycles. The highest BCUT2D eigenvalue weighted by molar-refractivity contribution is 7.89. The van der Waals surface area contributed by atoms with Crippen LogP contribution in [0.15, 0.2) is 47.4 Å². The molecular formula is C17H21N3O4S. The fraction of sp³-hybridized carbons (Fsp3) is 0.235. The summed E-state index contributed by atoms with van der Waals surface area (Å²) >= 11 is 0. The number of amides is 1. The molecule has 1 amide bonds. The summed E-state index contributed by atoms with van der Waals surface area (Å²) in [5.41, 5.74) is 2.23. The minimum absolute atomic E-state index is 0.0128. The molecular weight excluding hydrogens is 342 g/mol. The molecule has 0 aromatic heterocycles. The zero-order valence-corrected chi connectivity index (χ0v) is 15.1. The third kappa shape index (κ3) is 4.94. The number of hydrogen-bond acceptors (Lipinski definition) is 5. The Labute approximate surface area is 147 Å². The topological polar surface area (TPSA) is 111 Å². The summed E-state index contributed by atoms with van der Waals surface area (Å²) in [7, 11) is -2.19. The summed E-state index contributed by atoms with van der Waals surface area (Å²) in [5.74, 6) is 0.370. The van der Waals surface area contributed by atoms with Crippen LogP contribution in [0, 0.1) is 6.92 Å².